The van der Waals surface area contributed by atoms with Crippen LogP contribution in [0.5, 0.6) is 0 Å². The van der Waals surface area contributed by atoms with Gasteiger partial charge in [0.25, 0.3) is 0 Å². The Kier molecular flexibility index (Phi) is 7.65. The van der Waals surface area contributed by atoms with Crippen LogP contribution in [0.3, 0.4) is 0 Å². The van der Waals surface area contributed by atoms with E-state index in [1.165, 1.54) is 71.0 Å². The standard InChI is InChI=1S/C30H32BrN/c1-3-5-6-8-13-24-17-19-29-26(20-24)22-30(32(29)4-2)27-18-16-25(21-28(27)31)15-14-23-11-9-7-10-12-23/h7,9-12,14-22H,3-6,8,13H2,1-2H3/b15-14+. The average molecular weight is 486 g/mol. The van der Waals surface area contributed by atoms with Gasteiger partial charge >= 0.3 is 0 Å². The van der Waals surface area contributed by atoms with Crippen molar-refractivity contribution < 1.29 is 0 Å². The van der Waals surface area contributed by atoms with Crippen LogP contribution in [0.15, 0.2) is 77.3 Å². The van der Waals surface area contributed by atoms with Crippen molar-refractivity contribution in [3.05, 3.63) is 94.0 Å². The van der Waals surface area contributed by atoms with E-state index in [0.717, 1.165) is 11.0 Å². The number of rotatable bonds is 9. The van der Waals surface area contributed by atoms with Gasteiger partial charge in [-0.3, -0.25) is 0 Å². The van der Waals surface area contributed by atoms with E-state index < -0.39 is 0 Å². The Hall–Kier alpha value is -2.58. The first kappa shape index (κ1) is 22.6. The van der Waals surface area contributed by atoms with Crippen molar-refractivity contribution in [3.8, 4) is 11.3 Å². The Balaban J connectivity index is 1.61. The number of unbranched alkanes of at least 4 members (excludes halogenated alkanes) is 3. The van der Waals surface area contributed by atoms with Crippen molar-refractivity contribution in [3.63, 3.8) is 0 Å². The van der Waals surface area contributed by atoms with Crippen molar-refractivity contribution in [2.24, 2.45) is 0 Å². The fraction of sp³-hybridized carbons (Fsp3) is 0.267. The van der Waals surface area contributed by atoms with E-state index >= 15 is 0 Å². The number of benzene rings is 3. The molecular weight excluding hydrogens is 454 g/mol. The number of hydrogen-bond donors (Lipinski definition) is 0. The second kappa shape index (κ2) is 10.8. The molecule has 0 unspecified atom stereocenters. The third-order valence-corrected chi connectivity index (χ3v) is 6.79. The fourth-order valence-corrected chi connectivity index (χ4v) is 4.99. The maximum atomic E-state index is 3.85. The summed E-state index contributed by atoms with van der Waals surface area (Å²) in [5, 5.41) is 1.34. The summed E-state index contributed by atoms with van der Waals surface area (Å²) in [4.78, 5) is 0. The van der Waals surface area contributed by atoms with Crippen LogP contribution in [0.2, 0.25) is 0 Å². The molecule has 0 aliphatic rings. The monoisotopic (exact) mass is 485 g/mol. The number of halogens is 1. The molecule has 0 aliphatic carbocycles. The Morgan fingerprint density at radius 2 is 1.59 bits per heavy atom. The minimum atomic E-state index is 0.955. The first-order chi connectivity index (χ1) is 15.7. The highest BCUT2D eigenvalue weighted by Crippen LogP contribution is 2.34. The first-order valence-electron chi connectivity index (χ1n) is 11.8. The smallest absolute Gasteiger partial charge is 0.0502 e. The number of fused-ring (bicyclic) bond motifs is 1. The van der Waals surface area contributed by atoms with E-state index in [0.29, 0.717) is 0 Å². The molecule has 0 saturated heterocycles. The lowest BCUT2D eigenvalue weighted by molar-refractivity contribution is 0.667. The highest BCUT2D eigenvalue weighted by atomic mass is 79.9. The highest BCUT2D eigenvalue weighted by Gasteiger charge is 2.13. The molecule has 0 aliphatic heterocycles. The van der Waals surface area contributed by atoms with Crippen molar-refractivity contribution in [2.45, 2.75) is 52.5 Å². The Morgan fingerprint density at radius 3 is 2.34 bits per heavy atom. The lowest BCUT2D eigenvalue weighted by atomic mass is 10.0. The van der Waals surface area contributed by atoms with Crippen LogP contribution in [-0.2, 0) is 13.0 Å². The molecule has 0 saturated carbocycles. The van der Waals surface area contributed by atoms with Gasteiger partial charge in [-0.15, -0.1) is 0 Å². The van der Waals surface area contributed by atoms with Crippen molar-refractivity contribution in [2.75, 3.05) is 0 Å². The predicted octanol–water partition coefficient (Wildman–Crippen LogP) is 9.38. The lowest BCUT2D eigenvalue weighted by Crippen LogP contribution is -1.97. The van der Waals surface area contributed by atoms with Crippen molar-refractivity contribution >= 4 is 39.0 Å². The van der Waals surface area contributed by atoms with E-state index in [4.69, 9.17) is 0 Å². The molecule has 0 atom stereocenters. The van der Waals surface area contributed by atoms with Gasteiger partial charge in [-0.05, 0) is 60.7 Å². The molecule has 1 heterocycles. The van der Waals surface area contributed by atoms with E-state index in [9.17, 15) is 0 Å². The molecule has 0 N–H and O–H groups in total. The molecular formula is C30H32BrN. The topological polar surface area (TPSA) is 4.93 Å². The predicted molar refractivity (Wildman–Crippen MR) is 144 cm³/mol. The molecule has 0 spiro atoms. The van der Waals surface area contributed by atoms with Crippen molar-refractivity contribution in [1.29, 1.82) is 0 Å². The maximum absolute atomic E-state index is 3.85. The summed E-state index contributed by atoms with van der Waals surface area (Å²) in [7, 11) is 0. The van der Waals surface area contributed by atoms with Gasteiger partial charge in [0.2, 0.25) is 0 Å². The summed E-state index contributed by atoms with van der Waals surface area (Å²) in [5.41, 5.74) is 7.69. The van der Waals surface area contributed by atoms with Gasteiger partial charge in [-0.25, -0.2) is 0 Å². The Bertz CT molecular complexity index is 1200. The number of hydrogen-bond acceptors (Lipinski definition) is 0. The summed E-state index contributed by atoms with van der Waals surface area (Å²) in [6.07, 6.45) is 10.7. The number of aromatic nitrogens is 1. The zero-order chi connectivity index (χ0) is 22.3. The molecule has 4 rings (SSSR count). The van der Waals surface area contributed by atoms with Crippen LogP contribution in [0, 0.1) is 0 Å². The zero-order valence-corrected chi connectivity index (χ0v) is 20.7. The van der Waals surface area contributed by atoms with Crippen molar-refractivity contribution in [1.82, 2.24) is 4.57 Å². The van der Waals surface area contributed by atoms with Crippen LogP contribution < -0.4 is 0 Å². The van der Waals surface area contributed by atoms with Gasteiger partial charge in [-0.1, -0.05) is 103 Å². The second-order valence-electron chi connectivity index (χ2n) is 8.46. The molecule has 1 nitrogen and oxygen atoms in total. The normalized spacial score (nSPS) is 11.6. The summed E-state index contributed by atoms with van der Waals surface area (Å²) >= 11 is 3.85. The molecule has 3 aromatic carbocycles. The summed E-state index contributed by atoms with van der Waals surface area (Å²) < 4.78 is 3.56. The summed E-state index contributed by atoms with van der Waals surface area (Å²) in [5.74, 6) is 0. The third kappa shape index (κ3) is 5.24. The minimum absolute atomic E-state index is 0.955. The van der Waals surface area contributed by atoms with Crippen LogP contribution in [0.1, 0.15) is 56.2 Å². The van der Waals surface area contributed by atoms with Gasteiger partial charge in [0.15, 0.2) is 0 Å². The molecule has 0 amide bonds. The first-order valence-corrected chi connectivity index (χ1v) is 12.6. The largest absolute Gasteiger partial charge is 0.341 e. The lowest BCUT2D eigenvalue weighted by Gasteiger charge is -2.11. The average Bonchev–Trinajstić information content (AvgIpc) is 3.18. The summed E-state index contributed by atoms with van der Waals surface area (Å²) in [6.45, 7) is 5.45. The second-order valence-corrected chi connectivity index (χ2v) is 9.32. The molecule has 164 valence electrons. The van der Waals surface area contributed by atoms with E-state index in [2.05, 4.69) is 113 Å². The molecule has 1 aromatic heterocycles. The van der Waals surface area contributed by atoms with Gasteiger partial charge in [0.1, 0.15) is 0 Å². The molecule has 4 aromatic rings. The van der Waals surface area contributed by atoms with Gasteiger partial charge in [-0.2, -0.15) is 0 Å². The highest BCUT2D eigenvalue weighted by molar-refractivity contribution is 9.10. The number of nitrogens with zero attached hydrogens (tertiary/aromatic N) is 1. The summed E-state index contributed by atoms with van der Waals surface area (Å²) in [6, 6.07) is 26.5. The molecule has 0 radical (unpaired) electrons. The zero-order valence-electron chi connectivity index (χ0n) is 19.2. The van der Waals surface area contributed by atoms with Gasteiger partial charge in [0.05, 0.1) is 5.69 Å². The number of aryl methyl sites for hydroxylation is 2. The Morgan fingerprint density at radius 1 is 0.781 bits per heavy atom. The third-order valence-electron chi connectivity index (χ3n) is 6.14. The van der Waals surface area contributed by atoms with Crippen LogP contribution >= 0.6 is 15.9 Å². The maximum Gasteiger partial charge on any atom is 0.0502 e. The molecule has 32 heavy (non-hydrogen) atoms. The van der Waals surface area contributed by atoms with Gasteiger partial charge < -0.3 is 4.57 Å². The van der Waals surface area contributed by atoms with E-state index in [1.54, 1.807) is 0 Å². The molecule has 2 heteroatoms. The van der Waals surface area contributed by atoms with Crippen LogP contribution in [0.25, 0.3) is 34.3 Å². The fourth-order valence-electron chi connectivity index (χ4n) is 4.39. The van der Waals surface area contributed by atoms with E-state index in [1.807, 2.05) is 6.07 Å². The van der Waals surface area contributed by atoms with E-state index in [-0.39, 0.29) is 0 Å². The van der Waals surface area contributed by atoms with Crippen LogP contribution in [0.4, 0.5) is 0 Å². The van der Waals surface area contributed by atoms with Gasteiger partial charge in [0, 0.05) is 27.5 Å². The minimum Gasteiger partial charge on any atom is -0.341 e. The quantitative estimate of drug-likeness (QED) is 0.164. The van der Waals surface area contributed by atoms with Crippen LogP contribution in [-0.4, -0.2) is 4.57 Å². The molecule has 0 bridgehead atoms. The molecule has 0 fully saturated rings. The SMILES string of the molecule is CCCCCCc1ccc2c(c1)cc(-c1ccc(/C=C/c3ccccc3)cc1Br)n2CC. The Labute approximate surface area is 200 Å².